The van der Waals surface area contributed by atoms with Crippen molar-refractivity contribution < 1.29 is 27.8 Å². The summed E-state index contributed by atoms with van der Waals surface area (Å²) in [5.74, 6) is -0.355. The van der Waals surface area contributed by atoms with Crippen LogP contribution in [0, 0.1) is 13.8 Å². The lowest BCUT2D eigenvalue weighted by Crippen LogP contribution is -2.41. The van der Waals surface area contributed by atoms with Gasteiger partial charge in [0.1, 0.15) is 25.0 Å². The quantitative estimate of drug-likeness (QED) is 0.475. The first-order valence-corrected chi connectivity index (χ1v) is 11.8. The van der Waals surface area contributed by atoms with Crippen molar-refractivity contribution in [3.63, 3.8) is 0 Å². The van der Waals surface area contributed by atoms with E-state index >= 15 is 0 Å². The second-order valence-corrected chi connectivity index (χ2v) is 10.1. The summed E-state index contributed by atoms with van der Waals surface area (Å²) < 4.78 is 37.9. The van der Waals surface area contributed by atoms with Gasteiger partial charge in [-0.1, -0.05) is 29.3 Å². The maximum atomic E-state index is 13.1. The SMILES string of the molecule is Cc1ccc(S(=O)(=O)N2CC(O)CC2C(=O)OCCOc2ccc(Cl)cc2Cl)cc1C. The minimum atomic E-state index is -3.98. The molecular formula is C21H23Cl2NO6S. The van der Waals surface area contributed by atoms with Gasteiger partial charge in [0.15, 0.2) is 0 Å². The maximum absolute atomic E-state index is 13.1. The highest BCUT2D eigenvalue weighted by Gasteiger charge is 2.44. The lowest BCUT2D eigenvalue weighted by atomic mass is 10.1. The fourth-order valence-corrected chi connectivity index (χ4v) is 5.43. The molecule has 0 saturated carbocycles. The van der Waals surface area contributed by atoms with Crippen molar-refractivity contribution in [2.75, 3.05) is 19.8 Å². The number of aliphatic hydroxyl groups is 1. The zero-order valence-electron chi connectivity index (χ0n) is 17.0. The zero-order valence-corrected chi connectivity index (χ0v) is 19.4. The van der Waals surface area contributed by atoms with E-state index in [0.717, 1.165) is 15.4 Å². The number of carbonyl (C=O) groups is 1. The van der Waals surface area contributed by atoms with E-state index in [4.69, 9.17) is 32.7 Å². The minimum absolute atomic E-state index is 0.0201. The number of halogens is 2. The Labute approximate surface area is 191 Å². The molecule has 1 aliphatic heterocycles. The van der Waals surface area contributed by atoms with Crippen LogP contribution in [0.15, 0.2) is 41.3 Å². The van der Waals surface area contributed by atoms with Gasteiger partial charge in [0.25, 0.3) is 0 Å². The van der Waals surface area contributed by atoms with E-state index < -0.39 is 28.1 Å². The topological polar surface area (TPSA) is 93.1 Å². The maximum Gasteiger partial charge on any atom is 0.324 e. The second-order valence-electron chi connectivity index (χ2n) is 7.32. The van der Waals surface area contributed by atoms with Gasteiger partial charge < -0.3 is 14.6 Å². The molecule has 31 heavy (non-hydrogen) atoms. The number of hydrogen-bond donors (Lipinski definition) is 1. The molecule has 7 nitrogen and oxygen atoms in total. The fourth-order valence-electron chi connectivity index (χ4n) is 3.26. The molecule has 168 valence electrons. The van der Waals surface area contributed by atoms with Crippen molar-refractivity contribution in [1.29, 1.82) is 0 Å². The Morgan fingerprint density at radius 1 is 1.13 bits per heavy atom. The highest BCUT2D eigenvalue weighted by atomic mass is 35.5. The van der Waals surface area contributed by atoms with E-state index in [1.54, 1.807) is 24.3 Å². The Balaban J connectivity index is 1.64. The highest BCUT2D eigenvalue weighted by molar-refractivity contribution is 7.89. The number of esters is 1. The standard InChI is InChI=1S/C21H23Cl2NO6S/c1-13-3-5-17(9-14(13)2)31(27,28)24-12-16(25)11-19(24)21(26)30-8-7-29-20-6-4-15(22)10-18(20)23/h3-6,9-10,16,19,25H,7-8,11-12H2,1-2H3. The number of hydrogen-bond acceptors (Lipinski definition) is 6. The van der Waals surface area contributed by atoms with Gasteiger partial charge in [0, 0.05) is 18.0 Å². The van der Waals surface area contributed by atoms with Gasteiger partial charge in [-0.2, -0.15) is 4.31 Å². The lowest BCUT2D eigenvalue weighted by molar-refractivity contribution is -0.148. The molecule has 2 atom stereocenters. The third-order valence-electron chi connectivity index (χ3n) is 5.07. The predicted octanol–water partition coefficient (Wildman–Crippen LogP) is 3.36. The summed E-state index contributed by atoms with van der Waals surface area (Å²) in [6.45, 7) is 3.43. The van der Waals surface area contributed by atoms with Crippen LogP contribution in [0.3, 0.4) is 0 Å². The van der Waals surface area contributed by atoms with Crippen molar-refractivity contribution >= 4 is 39.2 Å². The van der Waals surface area contributed by atoms with Gasteiger partial charge >= 0.3 is 5.97 Å². The molecule has 2 aromatic rings. The van der Waals surface area contributed by atoms with E-state index in [1.165, 1.54) is 12.1 Å². The van der Waals surface area contributed by atoms with Crippen LogP contribution in [-0.4, -0.2) is 55.7 Å². The van der Waals surface area contributed by atoms with Crippen molar-refractivity contribution in [2.45, 2.75) is 37.3 Å². The normalized spacial score (nSPS) is 19.4. The van der Waals surface area contributed by atoms with E-state index in [-0.39, 0.29) is 31.1 Å². The first-order valence-electron chi connectivity index (χ1n) is 9.61. The summed E-state index contributed by atoms with van der Waals surface area (Å²) in [4.78, 5) is 12.7. The van der Waals surface area contributed by atoms with Crippen molar-refractivity contribution in [3.8, 4) is 5.75 Å². The molecule has 2 unspecified atom stereocenters. The molecule has 1 saturated heterocycles. The molecule has 0 spiro atoms. The number of sulfonamides is 1. The first kappa shape index (κ1) is 23.8. The molecule has 1 N–H and O–H groups in total. The Hall–Kier alpha value is -1.84. The van der Waals surface area contributed by atoms with Gasteiger partial charge in [-0.25, -0.2) is 8.42 Å². The number of aliphatic hydroxyl groups excluding tert-OH is 1. The summed E-state index contributed by atoms with van der Waals surface area (Å²) in [7, 11) is -3.98. The number of β-amino-alcohol motifs (C(OH)–C–C–N with tert-alkyl or cyclic N) is 1. The van der Waals surface area contributed by atoms with Crippen molar-refractivity contribution in [3.05, 3.63) is 57.6 Å². The van der Waals surface area contributed by atoms with Gasteiger partial charge in [-0.3, -0.25) is 4.79 Å². The molecule has 1 fully saturated rings. The Kier molecular flexibility index (Phi) is 7.49. The van der Waals surface area contributed by atoms with Gasteiger partial charge in [0.05, 0.1) is 16.0 Å². The van der Waals surface area contributed by atoms with Crippen LogP contribution in [0.2, 0.25) is 10.0 Å². The molecule has 2 aromatic carbocycles. The Morgan fingerprint density at radius 3 is 2.55 bits per heavy atom. The van der Waals surface area contributed by atoms with E-state index in [1.807, 2.05) is 13.8 Å². The third-order valence-corrected chi connectivity index (χ3v) is 7.47. The van der Waals surface area contributed by atoms with Crippen molar-refractivity contribution in [1.82, 2.24) is 4.31 Å². The Morgan fingerprint density at radius 2 is 1.87 bits per heavy atom. The molecule has 0 radical (unpaired) electrons. The van der Waals surface area contributed by atoms with Crippen LogP contribution in [0.5, 0.6) is 5.75 Å². The van der Waals surface area contributed by atoms with E-state index in [2.05, 4.69) is 0 Å². The molecule has 1 heterocycles. The summed E-state index contributed by atoms with van der Waals surface area (Å²) in [5, 5.41) is 10.8. The average molecular weight is 488 g/mol. The van der Waals surface area contributed by atoms with Crippen LogP contribution in [-0.2, 0) is 19.6 Å². The van der Waals surface area contributed by atoms with Crippen LogP contribution in [0.1, 0.15) is 17.5 Å². The largest absolute Gasteiger partial charge is 0.488 e. The first-order chi connectivity index (χ1) is 14.6. The van der Waals surface area contributed by atoms with E-state index in [0.29, 0.717) is 15.8 Å². The van der Waals surface area contributed by atoms with Crippen LogP contribution >= 0.6 is 23.2 Å². The van der Waals surface area contributed by atoms with Gasteiger partial charge in [-0.05, 0) is 55.3 Å². The molecule has 10 heteroatoms. The predicted molar refractivity (Wildman–Crippen MR) is 117 cm³/mol. The molecule has 0 aromatic heterocycles. The summed E-state index contributed by atoms with van der Waals surface area (Å²) in [6.07, 6.45) is -0.991. The Bertz CT molecular complexity index is 1080. The summed E-state index contributed by atoms with van der Waals surface area (Å²) >= 11 is 11.9. The lowest BCUT2D eigenvalue weighted by Gasteiger charge is -2.23. The monoisotopic (exact) mass is 487 g/mol. The average Bonchev–Trinajstić information content (AvgIpc) is 3.11. The van der Waals surface area contributed by atoms with Crippen molar-refractivity contribution in [2.24, 2.45) is 0 Å². The molecule has 0 bridgehead atoms. The number of aryl methyl sites for hydroxylation is 2. The van der Waals surface area contributed by atoms with E-state index in [9.17, 15) is 18.3 Å². The second kappa shape index (κ2) is 9.75. The van der Waals surface area contributed by atoms with Gasteiger partial charge in [-0.15, -0.1) is 0 Å². The smallest absolute Gasteiger partial charge is 0.324 e. The number of rotatable bonds is 7. The third kappa shape index (κ3) is 5.51. The molecular weight excluding hydrogens is 465 g/mol. The van der Waals surface area contributed by atoms with Crippen LogP contribution in [0.25, 0.3) is 0 Å². The fraction of sp³-hybridized carbons (Fsp3) is 0.381. The summed E-state index contributed by atoms with van der Waals surface area (Å²) in [6, 6.07) is 8.39. The number of carbonyl (C=O) groups excluding carboxylic acids is 1. The molecule has 0 aliphatic carbocycles. The highest BCUT2D eigenvalue weighted by Crippen LogP contribution is 2.29. The summed E-state index contributed by atoms with van der Waals surface area (Å²) in [5.41, 5.74) is 1.77. The molecule has 0 amide bonds. The van der Waals surface area contributed by atoms with Crippen LogP contribution in [0.4, 0.5) is 0 Å². The van der Waals surface area contributed by atoms with Gasteiger partial charge in [0.2, 0.25) is 10.0 Å². The number of benzene rings is 2. The van der Waals surface area contributed by atoms with Crippen LogP contribution < -0.4 is 4.74 Å². The molecule has 1 aliphatic rings. The molecule has 3 rings (SSSR count). The zero-order chi connectivity index (χ0) is 22.8. The number of nitrogens with zero attached hydrogens (tertiary/aromatic N) is 1. The number of ether oxygens (including phenoxy) is 2. The minimum Gasteiger partial charge on any atom is -0.488 e.